The normalized spacial score (nSPS) is 13.7. The first-order chi connectivity index (χ1) is 8.86. The lowest BCUT2D eigenvalue weighted by molar-refractivity contribution is -0.141. The highest BCUT2D eigenvalue weighted by Gasteiger charge is 2.23. The van der Waals surface area contributed by atoms with Gasteiger partial charge in [-0.3, -0.25) is 4.79 Å². The molecule has 0 aliphatic heterocycles. The van der Waals surface area contributed by atoms with E-state index in [0.29, 0.717) is 0 Å². The minimum Gasteiger partial charge on any atom is -0.481 e. The van der Waals surface area contributed by atoms with Gasteiger partial charge in [0.1, 0.15) is 11.3 Å². The number of pyridine rings is 1. The summed E-state index contributed by atoms with van der Waals surface area (Å²) < 4.78 is 4.48. The topological polar surface area (TPSA) is 117 Å². The summed E-state index contributed by atoms with van der Waals surface area (Å²) >= 11 is 5.69. The molecule has 2 unspecified atom stereocenters. The summed E-state index contributed by atoms with van der Waals surface area (Å²) in [5.41, 5.74) is -0.0122. The van der Waals surface area contributed by atoms with Crippen molar-refractivity contribution >= 4 is 23.5 Å². The number of aliphatic hydroxyl groups is 2. The molecule has 19 heavy (non-hydrogen) atoms. The second-order valence-electron chi connectivity index (χ2n) is 3.71. The van der Waals surface area contributed by atoms with Crippen LogP contribution in [0.4, 0.5) is 0 Å². The third-order valence-corrected chi connectivity index (χ3v) is 2.66. The molecule has 2 atom stereocenters. The van der Waals surface area contributed by atoms with E-state index in [-0.39, 0.29) is 16.3 Å². The largest absolute Gasteiger partial charge is 0.481 e. The molecule has 1 rings (SSSR count). The first-order valence-corrected chi connectivity index (χ1v) is 5.56. The van der Waals surface area contributed by atoms with Gasteiger partial charge in [0, 0.05) is 11.8 Å². The highest BCUT2D eigenvalue weighted by Crippen LogP contribution is 2.23. The van der Waals surface area contributed by atoms with Crippen molar-refractivity contribution in [1.29, 1.82) is 0 Å². The molecule has 104 valence electrons. The fourth-order valence-corrected chi connectivity index (χ4v) is 1.57. The molecule has 3 N–H and O–H groups in total. The predicted molar refractivity (Wildman–Crippen MR) is 63.8 cm³/mol. The van der Waals surface area contributed by atoms with Crippen molar-refractivity contribution in [3.63, 3.8) is 0 Å². The zero-order chi connectivity index (χ0) is 14.6. The average molecular weight is 290 g/mol. The van der Waals surface area contributed by atoms with Gasteiger partial charge in [0.15, 0.2) is 0 Å². The van der Waals surface area contributed by atoms with Crippen molar-refractivity contribution in [2.75, 3.05) is 7.11 Å². The summed E-state index contributed by atoms with van der Waals surface area (Å²) in [6.07, 6.45) is -2.52. The Morgan fingerprint density at radius 2 is 2.11 bits per heavy atom. The number of aliphatic hydroxyl groups excluding tert-OH is 2. The van der Waals surface area contributed by atoms with Crippen molar-refractivity contribution in [3.05, 3.63) is 28.5 Å². The van der Waals surface area contributed by atoms with Crippen LogP contribution in [-0.4, -0.2) is 45.5 Å². The smallest absolute Gasteiger partial charge is 0.341 e. The van der Waals surface area contributed by atoms with Crippen LogP contribution >= 0.6 is 11.6 Å². The number of carboxylic acid groups (broad SMARTS) is 1. The van der Waals surface area contributed by atoms with Crippen molar-refractivity contribution in [3.8, 4) is 0 Å². The third kappa shape index (κ3) is 3.88. The zero-order valence-electron chi connectivity index (χ0n) is 9.91. The molecule has 0 saturated heterocycles. The molecule has 1 heterocycles. The number of carbonyl (C=O) groups is 2. The fraction of sp³-hybridized carbons (Fsp3) is 0.364. The number of aliphatic carboxylic acids is 1. The highest BCUT2D eigenvalue weighted by molar-refractivity contribution is 6.32. The van der Waals surface area contributed by atoms with Crippen LogP contribution in [0, 0.1) is 0 Å². The molecule has 0 spiro atoms. The van der Waals surface area contributed by atoms with E-state index >= 15 is 0 Å². The van der Waals surface area contributed by atoms with E-state index in [9.17, 15) is 19.8 Å². The summed E-state index contributed by atoms with van der Waals surface area (Å²) in [6.45, 7) is 0. The molecule has 7 nitrogen and oxygen atoms in total. The maximum atomic E-state index is 11.4. The van der Waals surface area contributed by atoms with Gasteiger partial charge in [-0.1, -0.05) is 11.6 Å². The summed E-state index contributed by atoms with van der Waals surface area (Å²) in [5.74, 6) is -2.01. The number of carbonyl (C=O) groups excluding carboxylic acids is 1. The molecule has 0 amide bonds. The Kier molecular flexibility index (Phi) is 5.22. The molecule has 8 heteroatoms. The second kappa shape index (κ2) is 6.46. The van der Waals surface area contributed by atoms with Gasteiger partial charge >= 0.3 is 11.9 Å². The quantitative estimate of drug-likeness (QED) is 0.530. The van der Waals surface area contributed by atoms with Gasteiger partial charge in [-0.15, -0.1) is 0 Å². The number of nitrogens with zero attached hydrogens (tertiary/aromatic N) is 1. The number of methoxy groups -OCH3 is 1. The number of rotatable bonds is 5. The maximum Gasteiger partial charge on any atom is 0.341 e. The molecule has 0 bridgehead atoms. The van der Waals surface area contributed by atoms with E-state index in [0.717, 1.165) is 13.3 Å². The Hall–Kier alpha value is -1.70. The van der Waals surface area contributed by atoms with Gasteiger partial charge < -0.3 is 20.1 Å². The molecule has 0 saturated carbocycles. The molecule has 0 fully saturated rings. The van der Waals surface area contributed by atoms with Crippen LogP contribution in [0.15, 0.2) is 12.3 Å². The lowest BCUT2D eigenvalue weighted by atomic mass is 10.0. The summed E-state index contributed by atoms with van der Waals surface area (Å²) in [5, 5.41) is 27.7. The van der Waals surface area contributed by atoms with E-state index < -0.39 is 30.6 Å². The van der Waals surface area contributed by atoms with Crippen LogP contribution in [-0.2, 0) is 9.53 Å². The summed E-state index contributed by atoms with van der Waals surface area (Å²) in [7, 11) is 1.15. The van der Waals surface area contributed by atoms with Crippen LogP contribution in [0.3, 0.4) is 0 Å². The van der Waals surface area contributed by atoms with E-state index in [1.165, 1.54) is 6.07 Å². The van der Waals surface area contributed by atoms with Crippen LogP contribution in [0.5, 0.6) is 0 Å². The fourth-order valence-electron chi connectivity index (χ4n) is 1.39. The monoisotopic (exact) mass is 289 g/mol. The van der Waals surface area contributed by atoms with E-state index in [1.54, 1.807) is 0 Å². The Bertz CT molecular complexity index is 492. The van der Waals surface area contributed by atoms with Gasteiger partial charge in [-0.2, -0.15) is 0 Å². The van der Waals surface area contributed by atoms with E-state index in [4.69, 9.17) is 16.7 Å². The van der Waals surface area contributed by atoms with Crippen molar-refractivity contribution in [2.24, 2.45) is 0 Å². The summed E-state index contributed by atoms with van der Waals surface area (Å²) in [4.78, 5) is 25.5. The lowest BCUT2D eigenvalue weighted by Gasteiger charge is -2.16. The molecule has 0 radical (unpaired) electrons. The summed E-state index contributed by atoms with van der Waals surface area (Å²) in [6, 6.07) is 1.19. The first kappa shape index (κ1) is 15.4. The van der Waals surface area contributed by atoms with Gasteiger partial charge in [0.25, 0.3) is 0 Å². The van der Waals surface area contributed by atoms with Crippen LogP contribution < -0.4 is 0 Å². The number of halogens is 1. The molecule has 0 aromatic carbocycles. The van der Waals surface area contributed by atoms with Gasteiger partial charge in [0.05, 0.1) is 25.2 Å². The number of ether oxygens (including phenoxy) is 1. The maximum absolute atomic E-state index is 11.4. The SMILES string of the molecule is COC(=O)c1cc(C(O)C(O)CC(=O)O)cnc1Cl. The highest BCUT2D eigenvalue weighted by atomic mass is 35.5. The first-order valence-electron chi connectivity index (χ1n) is 5.18. The van der Waals surface area contributed by atoms with E-state index in [2.05, 4.69) is 9.72 Å². The standard InChI is InChI=1S/C11H12ClNO6/c1-19-11(18)6-2-5(4-13-10(6)12)9(17)7(14)3-8(15)16/h2,4,7,9,14,17H,3H2,1H3,(H,15,16). The van der Waals surface area contributed by atoms with Crippen molar-refractivity contribution in [2.45, 2.75) is 18.6 Å². The zero-order valence-corrected chi connectivity index (χ0v) is 10.7. The van der Waals surface area contributed by atoms with Gasteiger partial charge in [-0.25, -0.2) is 9.78 Å². The van der Waals surface area contributed by atoms with Crippen LogP contribution in [0.1, 0.15) is 28.4 Å². The number of carboxylic acids is 1. The van der Waals surface area contributed by atoms with E-state index in [1.807, 2.05) is 0 Å². The Balaban J connectivity index is 3.01. The molecule has 0 aliphatic carbocycles. The molecule has 1 aromatic rings. The van der Waals surface area contributed by atoms with Gasteiger partial charge in [-0.05, 0) is 6.07 Å². The Morgan fingerprint density at radius 3 is 2.63 bits per heavy atom. The minimum atomic E-state index is -1.52. The Morgan fingerprint density at radius 1 is 1.47 bits per heavy atom. The number of aromatic nitrogens is 1. The minimum absolute atomic E-state index is 0.0681. The molecular formula is C11H12ClNO6. The van der Waals surface area contributed by atoms with Crippen molar-refractivity contribution in [1.82, 2.24) is 4.98 Å². The lowest BCUT2D eigenvalue weighted by Crippen LogP contribution is -2.22. The third-order valence-electron chi connectivity index (χ3n) is 2.36. The number of hydrogen-bond acceptors (Lipinski definition) is 6. The van der Waals surface area contributed by atoms with Crippen LogP contribution in [0.25, 0.3) is 0 Å². The number of esters is 1. The molecular weight excluding hydrogens is 278 g/mol. The van der Waals surface area contributed by atoms with Gasteiger partial charge in [0.2, 0.25) is 0 Å². The average Bonchev–Trinajstić information content (AvgIpc) is 2.36. The predicted octanol–water partition coefficient (Wildman–Crippen LogP) is 0.391. The Labute approximate surface area is 113 Å². The molecule has 0 aliphatic rings. The second-order valence-corrected chi connectivity index (χ2v) is 4.07. The van der Waals surface area contributed by atoms with Crippen molar-refractivity contribution < 1.29 is 29.6 Å². The number of hydrogen-bond donors (Lipinski definition) is 3. The molecule has 1 aromatic heterocycles. The van der Waals surface area contributed by atoms with Crippen LogP contribution in [0.2, 0.25) is 5.15 Å².